The topological polar surface area (TPSA) is 32.8 Å². The van der Waals surface area contributed by atoms with E-state index in [4.69, 9.17) is 0 Å². The quantitative estimate of drug-likeness (QED) is 0.557. The summed E-state index contributed by atoms with van der Waals surface area (Å²) in [5.41, 5.74) is -0.337. The van der Waals surface area contributed by atoms with Crippen LogP contribution in [-0.4, -0.2) is 44.2 Å². The van der Waals surface area contributed by atoms with E-state index in [9.17, 15) is 26.7 Å². The Morgan fingerprint density at radius 1 is 1.00 bits per heavy atom. The second-order valence-corrected chi connectivity index (χ2v) is 6.73. The van der Waals surface area contributed by atoms with E-state index in [1.807, 2.05) is 4.90 Å². The first-order valence-electron chi connectivity index (χ1n) is 8.90. The molecule has 0 saturated carbocycles. The van der Waals surface area contributed by atoms with Gasteiger partial charge in [-0.25, -0.2) is 13.6 Å². The number of anilines is 1. The van der Waals surface area contributed by atoms with Gasteiger partial charge in [0.25, 0.3) is 0 Å². The number of esters is 1. The van der Waals surface area contributed by atoms with E-state index in [1.54, 1.807) is 11.0 Å². The molecular formula is C20H19F5N2O2. The van der Waals surface area contributed by atoms with Gasteiger partial charge >= 0.3 is 12.1 Å². The molecule has 0 spiro atoms. The molecule has 0 atom stereocenters. The number of alkyl halides is 3. The molecule has 0 aliphatic carbocycles. The van der Waals surface area contributed by atoms with Gasteiger partial charge in [-0.3, -0.25) is 4.90 Å². The molecule has 1 heterocycles. The molecule has 4 nitrogen and oxygen atoms in total. The summed E-state index contributed by atoms with van der Waals surface area (Å²) in [6.07, 6.45) is -4.72. The summed E-state index contributed by atoms with van der Waals surface area (Å²) in [6, 6.07) is 7.22. The van der Waals surface area contributed by atoms with Gasteiger partial charge in [0, 0.05) is 38.4 Å². The zero-order chi connectivity index (χ0) is 21.2. The summed E-state index contributed by atoms with van der Waals surface area (Å²) in [4.78, 5) is 15.3. The van der Waals surface area contributed by atoms with E-state index in [0.29, 0.717) is 44.0 Å². The third-order valence-corrected chi connectivity index (χ3v) is 4.84. The molecule has 1 aliphatic rings. The first-order chi connectivity index (χ1) is 13.7. The lowest BCUT2D eigenvalue weighted by Gasteiger charge is -2.36. The molecule has 1 saturated heterocycles. The predicted octanol–water partition coefficient (Wildman–Crippen LogP) is 4.09. The molecule has 0 radical (unpaired) electrons. The van der Waals surface area contributed by atoms with Gasteiger partial charge in [0.05, 0.1) is 18.2 Å². The van der Waals surface area contributed by atoms with Crippen LogP contribution in [0.3, 0.4) is 0 Å². The number of benzene rings is 2. The van der Waals surface area contributed by atoms with Gasteiger partial charge in [0.2, 0.25) is 0 Å². The Kier molecular flexibility index (Phi) is 6.07. The lowest BCUT2D eigenvalue weighted by Crippen LogP contribution is -2.46. The average molecular weight is 414 g/mol. The number of ether oxygens (including phenoxy) is 1. The van der Waals surface area contributed by atoms with E-state index < -0.39 is 29.3 Å². The lowest BCUT2D eigenvalue weighted by molar-refractivity contribution is -0.139. The average Bonchev–Trinajstić information content (AvgIpc) is 2.67. The second kappa shape index (κ2) is 8.36. The summed E-state index contributed by atoms with van der Waals surface area (Å²) in [7, 11) is 1.18. The molecule has 156 valence electrons. The monoisotopic (exact) mass is 414 g/mol. The normalized spacial score (nSPS) is 15.4. The SMILES string of the molecule is COC(=O)c1ccc(CN2CCN(c3ccc(C(F)(F)F)c(F)c3)CC2)cc1F. The van der Waals surface area contributed by atoms with Crippen LogP contribution >= 0.6 is 0 Å². The van der Waals surface area contributed by atoms with Gasteiger partial charge in [-0.1, -0.05) is 6.07 Å². The van der Waals surface area contributed by atoms with E-state index in [1.165, 1.54) is 25.3 Å². The van der Waals surface area contributed by atoms with Crippen molar-refractivity contribution in [1.29, 1.82) is 0 Å². The first-order valence-corrected chi connectivity index (χ1v) is 8.90. The maximum atomic E-state index is 14.0. The maximum absolute atomic E-state index is 14.0. The summed E-state index contributed by atoms with van der Waals surface area (Å²) >= 11 is 0. The van der Waals surface area contributed by atoms with Crippen LogP contribution in [0.5, 0.6) is 0 Å². The van der Waals surface area contributed by atoms with Gasteiger partial charge < -0.3 is 9.64 Å². The lowest BCUT2D eigenvalue weighted by atomic mass is 10.1. The summed E-state index contributed by atoms with van der Waals surface area (Å²) in [5, 5.41) is 0. The van der Waals surface area contributed by atoms with Crippen LogP contribution in [0.1, 0.15) is 21.5 Å². The number of hydrogen-bond acceptors (Lipinski definition) is 4. The van der Waals surface area contributed by atoms with Gasteiger partial charge in [0.15, 0.2) is 0 Å². The van der Waals surface area contributed by atoms with Crippen molar-refractivity contribution in [2.45, 2.75) is 12.7 Å². The van der Waals surface area contributed by atoms with Gasteiger partial charge in [0.1, 0.15) is 11.6 Å². The molecular weight excluding hydrogens is 395 g/mol. The van der Waals surface area contributed by atoms with Crippen LogP contribution in [0.15, 0.2) is 36.4 Å². The second-order valence-electron chi connectivity index (χ2n) is 6.73. The van der Waals surface area contributed by atoms with Crippen molar-refractivity contribution in [3.63, 3.8) is 0 Å². The standard InChI is InChI=1S/C20H19F5N2O2/c1-29-19(28)15-4-2-13(10-17(15)21)12-26-6-8-27(9-7-26)14-3-5-16(18(22)11-14)20(23,24)25/h2-5,10-11H,6-9,12H2,1H3. The zero-order valence-electron chi connectivity index (χ0n) is 15.6. The van der Waals surface area contributed by atoms with E-state index >= 15 is 0 Å². The highest BCUT2D eigenvalue weighted by molar-refractivity contribution is 5.89. The van der Waals surface area contributed by atoms with Crippen molar-refractivity contribution < 1.29 is 31.5 Å². The molecule has 0 bridgehead atoms. The zero-order valence-corrected chi connectivity index (χ0v) is 15.6. The minimum absolute atomic E-state index is 0.134. The molecule has 29 heavy (non-hydrogen) atoms. The molecule has 9 heteroatoms. The first kappa shape index (κ1) is 21.0. The Bertz CT molecular complexity index is 893. The maximum Gasteiger partial charge on any atom is 0.419 e. The number of hydrogen-bond donors (Lipinski definition) is 0. The fraction of sp³-hybridized carbons (Fsp3) is 0.350. The molecule has 0 N–H and O–H groups in total. The Balaban J connectivity index is 1.60. The van der Waals surface area contributed by atoms with Crippen LogP contribution in [0.4, 0.5) is 27.6 Å². The molecule has 0 amide bonds. The third kappa shape index (κ3) is 4.84. The van der Waals surface area contributed by atoms with Crippen molar-refractivity contribution in [2.75, 3.05) is 38.2 Å². The highest BCUT2D eigenvalue weighted by Crippen LogP contribution is 2.33. The number of rotatable bonds is 4. The van der Waals surface area contributed by atoms with Crippen molar-refractivity contribution in [3.8, 4) is 0 Å². The molecule has 3 rings (SSSR count). The summed E-state index contributed by atoms with van der Waals surface area (Å²) in [5.74, 6) is -2.70. The van der Waals surface area contributed by atoms with E-state index in [0.717, 1.165) is 12.1 Å². The van der Waals surface area contributed by atoms with Gasteiger partial charge in [-0.2, -0.15) is 13.2 Å². The Morgan fingerprint density at radius 3 is 2.24 bits per heavy atom. The van der Waals surface area contributed by atoms with E-state index in [2.05, 4.69) is 4.74 Å². The number of carbonyl (C=O) groups excluding carboxylic acids is 1. The molecule has 2 aromatic rings. The molecule has 1 aliphatic heterocycles. The number of halogens is 5. The summed E-state index contributed by atoms with van der Waals surface area (Å²) in [6.45, 7) is 2.58. The third-order valence-electron chi connectivity index (χ3n) is 4.84. The fourth-order valence-corrected chi connectivity index (χ4v) is 3.29. The predicted molar refractivity (Wildman–Crippen MR) is 96.6 cm³/mol. The van der Waals surface area contributed by atoms with Crippen LogP contribution in [0.2, 0.25) is 0 Å². The Labute approximate surface area is 164 Å². The van der Waals surface area contributed by atoms with Crippen molar-refractivity contribution in [3.05, 3.63) is 64.7 Å². The van der Waals surface area contributed by atoms with Gasteiger partial charge in [-0.15, -0.1) is 0 Å². The Morgan fingerprint density at radius 2 is 1.69 bits per heavy atom. The van der Waals surface area contributed by atoms with E-state index in [-0.39, 0.29) is 5.56 Å². The van der Waals surface area contributed by atoms with Crippen molar-refractivity contribution in [2.24, 2.45) is 0 Å². The van der Waals surface area contributed by atoms with Gasteiger partial charge in [-0.05, 0) is 35.9 Å². The van der Waals surface area contributed by atoms with Crippen molar-refractivity contribution >= 4 is 11.7 Å². The number of carbonyl (C=O) groups is 1. The van der Waals surface area contributed by atoms with Crippen LogP contribution < -0.4 is 4.90 Å². The molecule has 2 aromatic carbocycles. The minimum atomic E-state index is -4.72. The number of nitrogens with zero attached hydrogens (tertiary/aromatic N) is 2. The molecule has 1 fully saturated rings. The highest BCUT2D eigenvalue weighted by Gasteiger charge is 2.34. The fourth-order valence-electron chi connectivity index (χ4n) is 3.29. The largest absolute Gasteiger partial charge is 0.465 e. The highest BCUT2D eigenvalue weighted by atomic mass is 19.4. The Hall–Kier alpha value is -2.68. The number of piperazine rings is 1. The van der Waals surface area contributed by atoms with Crippen LogP contribution in [0.25, 0.3) is 0 Å². The van der Waals surface area contributed by atoms with Crippen LogP contribution in [-0.2, 0) is 17.5 Å². The van der Waals surface area contributed by atoms with Crippen molar-refractivity contribution in [1.82, 2.24) is 4.90 Å². The minimum Gasteiger partial charge on any atom is -0.465 e. The van der Waals surface area contributed by atoms with Crippen LogP contribution in [0, 0.1) is 11.6 Å². The smallest absolute Gasteiger partial charge is 0.419 e. The molecule has 0 aromatic heterocycles. The number of methoxy groups -OCH3 is 1. The summed E-state index contributed by atoms with van der Waals surface area (Å²) < 4.78 is 70.4. The molecule has 0 unspecified atom stereocenters.